The van der Waals surface area contributed by atoms with E-state index in [0.29, 0.717) is 17.7 Å². The van der Waals surface area contributed by atoms with Gasteiger partial charge in [0.25, 0.3) is 5.69 Å². The average Bonchev–Trinajstić information content (AvgIpc) is 2.91. The van der Waals surface area contributed by atoms with E-state index in [-0.39, 0.29) is 12.3 Å². The van der Waals surface area contributed by atoms with Gasteiger partial charge in [0.15, 0.2) is 0 Å². The van der Waals surface area contributed by atoms with Crippen molar-refractivity contribution >= 4 is 11.7 Å². The lowest BCUT2D eigenvalue weighted by Crippen LogP contribution is -2.13. The summed E-state index contributed by atoms with van der Waals surface area (Å²) in [6.07, 6.45) is 2.03. The number of hydrogen-bond acceptors (Lipinski definition) is 5. The fraction of sp³-hybridized carbons (Fsp3) is 0.267. The standard InChI is InChI=1S/C15H16N2O5/c1-3-22-15(18)13-8-9-16(21-2)14(13)10-11-4-6-12(7-5-11)17(19)20/h4-9H,3,10H2,1-2H3. The molecule has 1 aromatic heterocycles. The summed E-state index contributed by atoms with van der Waals surface area (Å²) in [6.45, 7) is 2.02. The van der Waals surface area contributed by atoms with Gasteiger partial charge < -0.3 is 9.57 Å². The molecule has 0 fully saturated rings. The van der Waals surface area contributed by atoms with Crippen molar-refractivity contribution in [2.75, 3.05) is 13.7 Å². The highest BCUT2D eigenvalue weighted by Crippen LogP contribution is 2.19. The number of nitro benzene ring substituents is 1. The Labute approximate surface area is 127 Å². The van der Waals surface area contributed by atoms with Gasteiger partial charge in [-0.3, -0.25) is 10.1 Å². The van der Waals surface area contributed by atoms with Crippen LogP contribution in [0.15, 0.2) is 36.5 Å². The molecule has 22 heavy (non-hydrogen) atoms. The summed E-state index contributed by atoms with van der Waals surface area (Å²) in [4.78, 5) is 27.3. The molecular weight excluding hydrogens is 288 g/mol. The second-order valence-corrected chi connectivity index (χ2v) is 4.51. The highest BCUT2D eigenvalue weighted by Gasteiger charge is 2.18. The van der Waals surface area contributed by atoms with Crippen LogP contribution in [0.1, 0.15) is 28.5 Å². The van der Waals surface area contributed by atoms with Gasteiger partial charge in [0.1, 0.15) is 7.11 Å². The molecule has 7 nitrogen and oxygen atoms in total. The molecule has 116 valence electrons. The van der Waals surface area contributed by atoms with Gasteiger partial charge in [-0.25, -0.2) is 4.79 Å². The molecule has 7 heteroatoms. The van der Waals surface area contributed by atoms with Crippen molar-refractivity contribution in [2.24, 2.45) is 0 Å². The number of carbonyl (C=O) groups is 1. The zero-order valence-corrected chi connectivity index (χ0v) is 12.3. The Balaban J connectivity index is 2.29. The highest BCUT2D eigenvalue weighted by molar-refractivity contribution is 5.91. The van der Waals surface area contributed by atoms with Crippen molar-refractivity contribution in [3.63, 3.8) is 0 Å². The number of non-ortho nitro benzene ring substituents is 1. The number of rotatable bonds is 6. The van der Waals surface area contributed by atoms with Crippen LogP contribution in [-0.4, -0.2) is 29.3 Å². The smallest absolute Gasteiger partial charge is 0.340 e. The van der Waals surface area contributed by atoms with Crippen molar-refractivity contribution in [3.8, 4) is 0 Å². The van der Waals surface area contributed by atoms with Gasteiger partial charge in [-0.15, -0.1) is 0 Å². The summed E-state index contributed by atoms with van der Waals surface area (Å²) in [5.41, 5.74) is 1.90. The van der Waals surface area contributed by atoms with E-state index < -0.39 is 10.9 Å². The summed E-state index contributed by atoms with van der Waals surface area (Å²) in [5.74, 6) is -0.421. The SMILES string of the molecule is CCOC(=O)c1ccn(OC)c1Cc1ccc([N+](=O)[O-])cc1. The maximum absolute atomic E-state index is 11.9. The molecule has 2 aromatic rings. The third-order valence-electron chi connectivity index (χ3n) is 3.16. The Kier molecular flexibility index (Phi) is 4.77. The number of nitro groups is 1. The van der Waals surface area contributed by atoms with E-state index in [2.05, 4.69) is 0 Å². The van der Waals surface area contributed by atoms with E-state index in [0.717, 1.165) is 5.56 Å². The predicted octanol–water partition coefficient (Wildman–Crippen LogP) is 2.22. The monoisotopic (exact) mass is 304 g/mol. The van der Waals surface area contributed by atoms with E-state index in [1.807, 2.05) is 0 Å². The van der Waals surface area contributed by atoms with E-state index in [1.54, 1.807) is 31.3 Å². The summed E-state index contributed by atoms with van der Waals surface area (Å²) in [7, 11) is 1.49. The van der Waals surface area contributed by atoms with Crippen LogP contribution in [0.25, 0.3) is 0 Å². The molecule has 0 amide bonds. The number of esters is 1. The molecule has 0 N–H and O–H groups in total. The molecule has 0 saturated heterocycles. The maximum Gasteiger partial charge on any atom is 0.340 e. The Morgan fingerprint density at radius 1 is 1.27 bits per heavy atom. The van der Waals surface area contributed by atoms with Crippen LogP contribution in [0.4, 0.5) is 5.69 Å². The molecule has 1 aromatic carbocycles. The number of aromatic nitrogens is 1. The van der Waals surface area contributed by atoms with Gasteiger partial charge >= 0.3 is 5.97 Å². The van der Waals surface area contributed by atoms with Crippen LogP contribution in [0.3, 0.4) is 0 Å². The Morgan fingerprint density at radius 2 is 1.95 bits per heavy atom. The van der Waals surface area contributed by atoms with Gasteiger partial charge in [-0.2, -0.15) is 4.73 Å². The fourth-order valence-corrected chi connectivity index (χ4v) is 2.11. The lowest BCUT2D eigenvalue weighted by molar-refractivity contribution is -0.384. The van der Waals surface area contributed by atoms with Gasteiger partial charge in [-0.1, -0.05) is 12.1 Å². The van der Waals surface area contributed by atoms with Crippen molar-refractivity contribution in [1.82, 2.24) is 4.73 Å². The zero-order valence-electron chi connectivity index (χ0n) is 12.3. The highest BCUT2D eigenvalue weighted by atomic mass is 16.6. The Bertz CT molecular complexity index is 676. The molecule has 0 aliphatic heterocycles. The van der Waals surface area contributed by atoms with Crippen molar-refractivity contribution in [3.05, 3.63) is 63.5 Å². The normalized spacial score (nSPS) is 10.3. The van der Waals surface area contributed by atoms with E-state index in [1.165, 1.54) is 24.0 Å². The molecule has 0 unspecified atom stereocenters. The number of ether oxygens (including phenoxy) is 1. The van der Waals surface area contributed by atoms with Crippen molar-refractivity contribution in [1.29, 1.82) is 0 Å². The third kappa shape index (κ3) is 3.25. The average molecular weight is 304 g/mol. The largest absolute Gasteiger partial charge is 0.462 e. The number of carbonyl (C=O) groups excluding carboxylic acids is 1. The molecule has 0 saturated carbocycles. The first-order valence-corrected chi connectivity index (χ1v) is 6.72. The minimum absolute atomic E-state index is 0.0245. The summed E-state index contributed by atoms with van der Waals surface area (Å²) < 4.78 is 6.50. The van der Waals surface area contributed by atoms with Crippen molar-refractivity contribution in [2.45, 2.75) is 13.3 Å². The molecule has 0 atom stereocenters. The minimum atomic E-state index is -0.453. The third-order valence-corrected chi connectivity index (χ3v) is 3.16. The topological polar surface area (TPSA) is 83.6 Å². The minimum Gasteiger partial charge on any atom is -0.462 e. The molecule has 0 aliphatic carbocycles. The van der Waals surface area contributed by atoms with Crippen LogP contribution in [0, 0.1) is 10.1 Å². The Hall–Kier alpha value is -2.83. The van der Waals surface area contributed by atoms with Gasteiger partial charge in [0.2, 0.25) is 0 Å². The van der Waals surface area contributed by atoms with Crippen LogP contribution in [0.5, 0.6) is 0 Å². The molecule has 2 rings (SSSR count). The van der Waals surface area contributed by atoms with Gasteiger partial charge in [-0.05, 0) is 18.6 Å². The van der Waals surface area contributed by atoms with E-state index >= 15 is 0 Å². The van der Waals surface area contributed by atoms with E-state index in [9.17, 15) is 14.9 Å². The van der Waals surface area contributed by atoms with Crippen LogP contribution in [-0.2, 0) is 11.2 Å². The molecular formula is C15H16N2O5. The molecule has 0 radical (unpaired) electrons. The first-order chi connectivity index (χ1) is 10.6. The maximum atomic E-state index is 11.9. The summed E-state index contributed by atoms with van der Waals surface area (Å²) >= 11 is 0. The van der Waals surface area contributed by atoms with Gasteiger partial charge in [0.05, 0.1) is 22.8 Å². The van der Waals surface area contributed by atoms with Crippen molar-refractivity contribution < 1.29 is 19.3 Å². The van der Waals surface area contributed by atoms with Crippen LogP contribution in [0.2, 0.25) is 0 Å². The second kappa shape index (κ2) is 6.75. The number of hydrogen-bond donors (Lipinski definition) is 0. The summed E-state index contributed by atoms with van der Waals surface area (Å²) in [6, 6.07) is 7.79. The lowest BCUT2D eigenvalue weighted by Gasteiger charge is -2.09. The molecule has 0 spiro atoms. The predicted molar refractivity (Wildman–Crippen MR) is 78.8 cm³/mol. The van der Waals surface area contributed by atoms with Crippen LogP contribution < -0.4 is 4.84 Å². The van der Waals surface area contributed by atoms with E-state index in [4.69, 9.17) is 9.57 Å². The quantitative estimate of drug-likeness (QED) is 0.464. The molecule has 0 bridgehead atoms. The first-order valence-electron chi connectivity index (χ1n) is 6.72. The molecule has 0 aliphatic rings. The number of benzene rings is 1. The second-order valence-electron chi connectivity index (χ2n) is 4.51. The van der Waals surface area contributed by atoms with Crippen LogP contribution >= 0.6 is 0 Å². The molecule has 1 heterocycles. The zero-order chi connectivity index (χ0) is 16.1. The fourth-order valence-electron chi connectivity index (χ4n) is 2.11. The Morgan fingerprint density at radius 3 is 2.50 bits per heavy atom. The number of nitrogens with zero attached hydrogens (tertiary/aromatic N) is 2. The van der Waals surface area contributed by atoms with Gasteiger partial charge in [0, 0.05) is 24.8 Å². The lowest BCUT2D eigenvalue weighted by atomic mass is 10.1. The first kappa shape index (κ1) is 15.6. The summed E-state index contributed by atoms with van der Waals surface area (Å²) in [5, 5.41) is 10.7.